The van der Waals surface area contributed by atoms with Crippen LogP contribution in [0.1, 0.15) is 41.0 Å². The third kappa shape index (κ3) is 5.22. The highest BCUT2D eigenvalue weighted by Gasteiger charge is 2.20. The molecule has 3 N–H and O–H groups in total. The summed E-state index contributed by atoms with van der Waals surface area (Å²) in [6, 6.07) is -0.373. The minimum atomic E-state index is -0.373. The molecule has 0 aliphatic rings. The van der Waals surface area contributed by atoms with E-state index >= 15 is 0 Å². The molecule has 0 saturated heterocycles. The zero-order valence-corrected chi connectivity index (χ0v) is 10.1. The molecule has 0 bridgehead atoms. The summed E-state index contributed by atoms with van der Waals surface area (Å²) in [5.74, 6) is 0.212. The molecule has 0 spiro atoms. The maximum Gasteiger partial charge on any atom is 0.237 e. The normalized spacial score (nSPS) is 16.1. The lowest BCUT2D eigenvalue weighted by Gasteiger charge is -2.22. The Morgan fingerprint density at radius 2 is 1.93 bits per heavy atom. The van der Waals surface area contributed by atoms with Crippen LogP contribution in [0.2, 0.25) is 0 Å². The Hall–Kier alpha value is -0.570. The van der Waals surface area contributed by atoms with Gasteiger partial charge in [-0.2, -0.15) is 0 Å². The van der Waals surface area contributed by atoms with Gasteiger partial charge in [-0.1, -0.05) is 41.0 Å². The number of rotatable bonds is 4. The smallest absolute Gasteiger partial charge is 0.237 e. The third-order valence-electron chi connectivity index (χ3n) is 2.35. The van der Waals surface area contributed by atoms with Gasteiger partial charge in [-0.15, -0.1) is 0 Å². The molecular formula is C11H24N2O. The fourth-order valence-electron chi connectivity index (χ4n) is 0.982. The zero-order chi connectivity index (χ0) is 11.4. The van der Waals surface area contributed by atoms with Crippen LogP contribution in [-0.2, 0) is 4.79 Å². The van der Waals surface area contributed by atoms with Gasteiger partial charge in [-0.3, -0.25) is 4.79 Å². The molecular weight excluding hydrogens is 176 g/mol. The van der Waals surface area contributed by atoms with Crippen LogP contribution in [0, 0.1) is 11.3 Å². The summed E-state index contributed by atoms with van der Waals surface area (Å²) in [6.07, 6.45) is 0.935. The first-order valence-electron chi connectivity index (χ1n) is 5.31. The maximum atomic E-state index is 11.6. The molecule has 14 heavy (non-hydrogen) atoms. The van der Waals surface area contributed by atoms with Gasteiger partial charge < -0.3 is 11.1 Å². The molecule has 3 nitrogen and oxygen atoms in total. The SMILES string of the molecule is CCC(C)[C@H](N)C(=O)NCC(C)(C)C. The first-order valence-corrected chi connectivity index (χ1v) is 5.31. The lowest BCUT2D eigenvalue weighted by atomic mass is 9.95. The number of nitrogens with one attached hydrogen (secondary N) is 1. The van der Waals surface area contributed by atoms with Crippen molar-refractivity contribution in [2.75, 3.05) is 6.54 Å². The summed E-state index contributed by atoms with van der Waals surface area (Å²) in [4.78, 5) is 11.6. The van der Waals surface area contributed by atoms with Crippen molar-refractivity contribution in [1.29, 1.82) is 0 Å². The average Bonchev–Trinajstić information content (AvgIpc) is 2.10. The Kier molecular flexibility index (Phi) is 5.13. The van der Waals surface area contributed by atoms with E-state index in [1.807, 2.05) is 13.8 Å². The van der Waals surface area contributed by atoms with E-state index in [4.69, 9.17) is 5.73 Å². The Bertz CT molecular complexity index is 184. The van der Waals surface area contributed by atoms with Gasteiger partial charge in [0, 0.05) is 6.54 Å². The topological polar surface area (TPSA) is 55.1 Å². The second-order valence-electron chi connectivity index (χ2n) is 5.19. The number of hydrogen-bond donors (Lipinski definition) is 2. The van der Waals surface area contributed by atoms with E-state index < -0.39 is 0 Å². The van der Waals surface area contributed by atoms with Crippen molar-refractivity contribution in [3.63, 3.8) is 0 Å². The molecule has 0 rings (SSSR count). The van der Waals surface area contributed by atoms with Crippen molar-refractivity contribution in [1.82, 2.24) is 5.32 Å². The van der Waals surface area contributed by atoms with E-state index in [2.05, 4.69) is 26.1 Å². The largest absolute Gasteiger partial charge is 0.354 e. The number of carbonyl (C=O) groups excluding carboxylic acids is 1. The molecule has 1 unspecified atom stereocenters. The van der Waals surface area contributed by atoms with Gasteiger partial charge in [0.05, 0.1) is 6.04 Å². The lowest BCUT2D eigenvalue weighted by Crippen LogP contribution is -2.46. The van der Waals surface area contributed by atoms with Crippen molar-refractivity contribution in [2.24, 2.45) is 17.1 Å². The van der Waals surface area contributed by atoms with E-state index in [0.29, 0.717) is 6.54 Å². The van der Waals surface area contributed by atoms with E-state index in [0.717, 1.165) is 6.42 Å². The van der Waals surface area contributed by atoms with Crippen molar-refractivity contribution < 1.29 is 4.79 Å². The Morgan fingerprint density at radius 1 is 1.43 bits per heavy atom. The van der Waals surface area contributed by atoms with Gasteiger partial charge in [0.1, 0.15) is 0 Å². The fourth-order valence-corrected chi connectivity index (χ4v) is 0.982. The molecule has 0 aromatic rings. The molecule has 3 heteroatoms. The predicted octanol–water partition coefficient (Wildman–Crippen LogP) is 1.52. The highest BCUT2D eigenvalue weighted by Crippen LogP contribution is 2.11. The average molecular weight is 200 g/mol. The molecule has 2 atom stereocenters. The number of carbonyl (C=O) groups is 1. The number of hydrogen-bond acceptors (Lipinski definition) is 2. The molecule has 1 amide bonds. The molecule has 0 fully saturated rings. The molecule has 0 radical (unpaired) electrons. The first kappa shape index (κ1) is 13.4. The van der Waals surface area contributed by atoms with Crippen LogP contribution in [0.3, 0.4) is 0 Å². The van der Waals surface area contributed by atoms with Crippen LogP contribution >= 0.6 is 0 Å². The highest BCUT2D eigenvalue weighted by atomic mass is 16.2. The summed E-state index contributed by atoms with van der Waals surface area (Å²) in [5, 5.41) is 2.87. The van der Waals surface area contributed by atoms with E-state index in [1.165, 1.54) is 0 Å². The molecule has 0 aliphatic heterocycles. The molecule has 0 saturated carbocycles. The summed E-state index contributed by atoms with van der Waals surface area (Å²) in [6.45, 7) is 11.0. The minimum Gasteiger partial charge on any atom is -0.354 e. The van der Waals surface area contributed by atoms with Crippen molar-refractivity contribution >= 4 is 5.91 Å². The molecule has 0 aliphatic carbocycles. The summed E-state index contributed by atoms with van der Waals surface area (Å²) >= 11 is 0. The van der Waals surface area contributed by atoms with Crippen LogP contribution in [0.5, 0.6) is 0 Å². The van der Waals surface area contributed by atoms with Crippen LogP contribution in [0.4, 0.5) is 0 Å². The van der Waals surface area contributed by atoms with Crippen LogP contribution < -0.4 is 11.1 Å². The Labute approximate surface area is 87.4 Å². The standard InChI is InChI=1S/C11H24N2O/c1-6-8(2)9(12)10(14)13-7-11(3,4)5/h8-9H,6-7,12H2,1-5H3,(H,13,14)/t8?,9-/m0/s1. The molecule has 84 valence electrons. The van der Waals surface area contributed by atoms with E-state index in [9.17, 15) is 4.79 Å². The van der Waals surface area contributed by atoms with Gasteiger partial charge >= 0.3 is 0 Å². The zero-order valence-electron chi connectivity index (χ0n) is 10.1. The van der Waals surface area contributed by atoms with E-state index in [-0.39, 0.29) is 23.3 Å². The Balaban J connectivity index is 3.97. The quantitative estimate of drug-likeness (QED) is 0.723. The number of amides is 1. The monoisotopic (exact) mass is 200 g/mol. The summed E-state index contributed by atoms with van der Waals surface area (Å²) in [5.41, 5.74) is 5.90. The lowest BCUT2D eigenvalue weighted by molar-refractivity contribution is -0.123. The van der Waals surface area contributed by atoms with Crippen molar-refractivity contribution in [2.45, 2.75) is 47.1 Å². The van der Waals surface area contributed by atoms with Gasteiger partial charge in [0.25, 0.3) is 0 Å². The highest BCUT2D eigenvalue weighted by molar-refractivity contribution is 5.81. The summed E-state index contributed by atoms with van der Waals surface area (Å²) < 4.78 is 0. The fraction of sp³-hybridized carbons (Fsp3) is 0.909. The molecule has 0 aromatic carbocycles. The third-order valence-corrected chi connectivity index (χ3v) is 2.35. The second kappa shape index (κ2) is 5.35. The number of nitrogens with two attached hydrogens (primary N) is 1. The minimum absolute atomic E-state index is 0.0331. The Morgan fingerprint density at radius 3 is 2.29 bits per heavy atom. The van der Waals surface area contributed by atoms with Gasteiger partial charge in [-0.25, -0.2) is 0 Å². The van der Waals surface area contributed by atoms with Crippen molar-refractivity contribution in [3.05, 3.63) is 0 Å². The first-order chi connectivity index (χ1) is 6.28. The van der Waals surface area contributed by atoms with Crippen molar-refractivity contribution in [3.8, 4) is 0 Å². The van der Waals surface area contributed by atoms with Gasteiger partial charge in [0.2, 0.25) is 5.91 Å². The molecule has 0 aromatic heterocycles. The van der Waals surface area contributed by atoms with Gasteiger partial charge in [-0.05, 0) is 11.3 Å². The van der Waals surface area contributed by atoms with Crippen LogP contribution in [0.15, 0.2) is 0 Å². The second-order valence-corrected chi connectivity index (χ2v) is 5.19. The van der Waals surface area contributed by atoms with E-state index in [1.54, 1.807) is 0 Å². The summed E-state index contributed by atoms with van der Waals surface area (Å²) in [7, 11) is 0. The predicted molar refractivity (Wildman–Crippen MR) is 59.9 cm³/mol. The molecule has 0 heterocycles. The van der Waals surface area contributed by atoms with Gasteiger partial charge in [0.15, 0.2) is 0 Å². The van der Waals surface area contributed by atoms with Crippen LogP contribution in [0.25, 0.3) is 0 Å². The van der Waals surface area contributed by atoms with Crippen LogP contribution in [-0.4, -0.2) is 18.5 Å². The maximum absolute atomic E-state index is 11.6.